The number of rotatable bonds is 3. The average molecular weight is 260 g/mol. The molecule has 1 aromatic heterocycles. The minimum atomic E-state index is -0.378. The Labute approximate surface area is 109 Å². The van der Waals surface area contributed by atoms with Crippen LogP contribution >= 0.6 is 11.3 Å². The zero-order chi connectivity index (χ0) is 13.0. The fraction of sp³-hybridized carbons (Fsp3) is 0.154. The van der Waals surface area contributed by atoms with Crippen LogP contribution in [0, 0.1) is 6.92 Å². The van der Waals surface area contributed by atoms with Crippen molar-refractivity contribution in [3.05, 3.63) is 41.4 Å². The molecule has 0 saturated heterocycles. The van der Waals surface area contributed by atoms with Crippen LogP contribution in [-0.4, -0.2) is 16.2 Å². The van der Waals surface area contributed by atoms with Gasteiger partial charge >= 0.3 is 5.97 Å². The van der Waals surface area contributed by atoms with Gasteiger partial charge in [0, 0.05) is 11.6 Å². The molecule has 0 aliphatic heterocycles. The molecule has 92 valence electrons. The predicted molar refractivity (Wildman–Crippen MR) is 70.5 cm³/mol. The van der Waals surface area contributed by atoms with Crippen LogP contribution in [0.2, 0.25) is 0 Å². The number of carbonyl (C=O) groups excluding carboxylic acids is 1. The van der Waals surface area contributed by atoms with Crippen LogP contribution in [0.4, 0.5) is 0 Å². The van der Waals surface area contributed by atoms with Crippen molar-refractivity contribution in [2.75, 3.05) is 0 Å². The number of aromatic nitrogens is 2. The normalized spacial score (nSPS) is 10.8. The van der Waals surface area contributed by atoms with Gasteiger partial charge < -0.3 is 4.74 Å². The maximum absolute atomic E-state index is 11.2. The standard InChI is InChI=1S/C13H12N2O2S/c1-3-4-12(16)17-11-7-5-10(6-8-11)13-15-14-9(2)18-13/h3-8H,1-2H3. The van der Waals surface area contributed by atoms with Crippen LogP contribution in [0.15, 0.2) is 36.4 Å². The van der Waals surface area contributed by atoms with Crippen LogP contribution in [0.25, 0.3) is 10.6 Å². The number of hydrogen-bond acceptors (Lipinski definition) is 5. The van der Waals surface area contributed by atoms with Gasteiger partial charge in [0.1, 0.15) is 15.8 Å². The Morgan fingerprint density at radius 2 is 2.00 bits per heavy atom. The topological polar surface area (TPSA) is 52.1 Å². The highest BCUT2D eigenvalue weighted by Crippen LogP contribution is 2.25. The Bertz CT molecular complexity index is 573. The number of allylic oxidation sites excluding steroid dienone is 1. The van der Waals surface area contributed by atoms with Gasteiger partial charge in [0.2, 0.25) is 0 Å². The van der Waals surface area contributed by atoms with Crippen molar-refractivity contribution in [2.24, 2.45) is 0 Å². The fourth-order valence-electron chi connectivity index (χ4n) is 1.37. The van der Waals surface area contributed by atoms with E-state index in [2.05, 4.69) is 10.2 Å². The summed E-state index contributed by atoms with van der Waals surface area (Å²) < 4.78 is 5.09. The quantitative estimate of drug-likeness (QED) is 0.483. The van der Waals surface area contributed by atoms with Gasteiger partial charge in [0.25, 0.3) is 0 Å². The lowest BCUT2D eigenvalue weighted by atomic mass is 10.2. The summed E-state index contributed by atoms with van der Waals surface area (Å²) in [6.45, 7) is 3.68. The minimum absolute atomic E-state index is 0.378. The van der Waals surface area contributed by atoms with Gasteiger partial charge in [-0.3, -0.25) is 0 Å². The first-order chi connectivity index (χ1) is 8.69. The fourth-order valence-corrected chi connectivity index (χ4v) is 2.06. The lowest BCUT2D eigenvalue weighted by Crippen LogP contribution is -2.03. The molecule has 1 aromatic carbocycles. The monoisotopic (exact) mass is 260 g/mol. The van der Waals surface area contributed by atoms with Gasteiger partial charge in [-0.15, -0.1) is 10.2 Å². The zero-order valence-corrected chi connectivity index (χ0v) is 10.9. The first-order valence-corrected chi connectivity index (χ1v) is 6.26. The van der Waals surface area contributed by atoms with Gasteiger partial charge in [0.05, 0.1) is 0 Å². The zero-order valence-electron chi connectivity index (χ0n) is 10.1. The van der Waals surface area contributed by atoms with E-state index in [1.165, 1.54) is 17.4 Å². The van der Waals surface area contributed by atoms with Gasteiger partial charge in [-0.1, -0.05) is 17.4 Å². The molecule has 0 radical (unpaired) electrons. The van der Waals surface area contributed by atoms with E-state index in [4.69, 9.17) is 4.74 Å². The summed E-state index contributed by atoms with van der Waals surface area (Å²) in [7, 11) is 0. The van der Waals surface area contributed by atoms with Crippen molar-refractivity contribution < 1.29 is 9.53 Å². The summed E-state index contributed by atoms with van der Waals surface area (Å²) in [6, 6.07) is 7.21. The molecule has 0 aliphatic rings. The number of benzene rings is 1. The first-order valence-electron chi connectivity index (χ1n) is 5.44. The van der Waals surface area contributed by atoms with Crippen molar-refractivity contribution in [3.63, 3.8) is 0 Å². The number of carbonyl (C=O) groups is 1. The SMILES string of the molecule is CC=CC(=O)Oc1ccc(-c2nnc(C)s2)cc1. The second-order valence-electron chi connectivity index (χ2n) is 3.57. The molecular weight excluding hydrogens is 248 g/mol. The molecule has 1 heterocycles. The number of aryl methyl sites for hydroxylation is 1. The molecule has 0 atom stereocenters. The smallest absolute Gasteiger partial charge is 0.335 e. The van der Waals surface area contributed by atoms with E-state index in [1.54, 1.807) is 25.1 Å². The van der Waals surface area contributed by atoms with Crippen LogP contribution in [0.5, 0.6) is 5.75 Å². The second kappa shape index (κ2) is 5.55. The molecule has 0 saturated carbocycles. The van der Waals surface area contributed by atoms with Crippen molar-refractivity contribution in [3.8, 4) is 16.3 Å². The number of hydrogen-bond donors (Lipinski definition) is 0. The van der Waals surface area contributed by atoms with Gasteiger partial charge in [-0.25, -0.2) is 4.79 Å². The maximum Gasteiger partial charge on any atom is 0.335 e. The van der Waals surface area contributed by atoms with Gasteiger partial charge in [-0.05, 0) is 38.1 Å². The number of nitrogens with zero attached hydrogens (tertiary/aromatic N) is 2. The van der Waals surface area contributed by atoms with Crippen LogP contribution < -0.4 is 4.74 Å². The molecule has 4 nitrogen and oxygen atoms in total. The molecule has 0 aliphatic carbocycles. The highest BCUT2D eigenvalue weighted by Gasteiger charge is 2.05. The van der Waals surface area contributed by atoms with E-state index in [0.717, 1.165) is 15.6 Å². The Morgan fingerprint density at radius 1 is 1.28 bits per heavy atom. The molecule has 0 fully saturated rings. The molecular formula is C13H12N2O2S. The van der Waals surface area contributed by atoms with Crippen molar-refractivity contribution in [2.45, 2.75) is 13.8 Å². The highest BCUT2D eigenvalue weighted by molar-refractivity contribution is 7.14. The Hall–Kier alpha value is -2.01. The van der Waals surface area contributed by atoms with Crippen molar-refractivity contribution >= 4 is 17.3 Å². The summed E-state index contributed by atoms with van der Waals surface area (Å²) in [5.41, 5.74) is 0.964. The first kappa shape index (κ1) is 12.4. The lowest BCUT2D eigenvalue weighted by molar-refractivity contribution is -0.128. The van der Waals surface area contributed by atoms with Crippen molar-refractivity contribution in [1.29, 1.82) is 0 Å². The third-order valence-electron chi connectivity index (χ3n) is 2.15. The maximum atomic E-state index is 11.2. The van der Waals surface area contributed by atoms with Crippen molar-refractivity contribution in [1.82, 2.24) is 10.2 Å². The molecule has 18 heavy (non-hydrogen) atoms. The molecule has 2 rings (SSSR count). The summed E-state index contributed by atoms with van der Waals surface area (Å²) in [5, 5.41) is 9.80. The minimum Gasteiger partial charge on any atom is -0.423 e. The third-order valence-corrected chi connectivity index (χ3v) is 3.04. The number of ether oxygens (including phenoxy) is 1. The summed E-state index contributed by atoms with van der Waals surface area (Å²) in [5.74, 6) is 0.139. The van der Waals surface area contributed by atoms with Gasteiger partial charge in [-0.2, -0.15) is 0 Å². The largest absolute Gasteiger partial charge is 0.423 e. The lowest BCUT2D eigenvalue weighted by Gasteiger charge is -2.01. The molecule has 2 aromatic rings. The Kier molecular flexibility index (Phi) is 3.84. The van der Waals surface area contributed by atoms with Crippen LogP contribution in [0.3, 0.4) is 0 Å². The van der Waals surface area contributed by atoms with E-state index in [1.807, 2.05) is 19.1 Å². The second-order valence-corrected chi connectivity index (χ2v) is 4.75. The van der Waals surface area contributed by atoms with E-state index in [9.17, 15) is 4.79 Å². The summed E-state index contributed by atoms with van der Waals surface area (Å²) in [6.07, 6.45) is 3.02. The number of esters is 1. The Balaban J connectivity index is 2.13. The summed E-state index contributed by atoms with van der Waals surface area (Å²) in [4.78, 5) is 11.2. The van der Waals surface area contributed by atoms with Gasteiger partial charge in [0.15, 0.2) is 0 Å². The molecule has 0 N–H and O–H groups in total. The van der Waals surface area contributed by atoms with E-state index < -0.39 is 0 Å². The molecule has 0 spiro atoms. The van der Waals surface area contributed by atoms with E-state index in [-0.39, 0.29) is 5.97 Å². The third kappa shape index (κ3) is 3.01. The average Bonchev–Trinajstić information content (AvgIpc) is 2.77. The molecule has 0 unspecified atom stereocenters. The van der Waals surface area contributed by atoms with E-state index >= 15 is 0 Å². The van der Waals surface area contributed by atoms with Crippen LogP contribution in [-0.2, 0) is 4.79 Å². The van der Waals surface area contributed by atoms with Crippen LogP contribution in [0.1, 0.15) is 11.9 Å². The molecule has 0 bridgehead atoms. The molecule has 0 amide bonds. The Morgan fingerprint density at radius 3 is 2.56 bits per heavy atom. The summed E-state index contributed by atoms with van der Waals surface area (Å²) >= 11 is 1.53. The molecule has 5 heteroatoms. The van der Waals surface area contributed by atoms with E-state index in [0.29, 0.717) is 5.75 Å². The highest BCUT2D eigenvalue weighted by atomic mass is 32.1. The predicted octanol–water partition coefficient (Wildman–Crippen LogP) is 3.00.